The van der Waals surface area contributed by atoms with E-state index in [2.05, 4.69) is 52.9 Å². The van der Waals surface area contributed by atoms with E-state index in [4.69, 9.17) is 9.47 Å². The van der Waals surface area contributed by atoms with Crippen LogP contribution in [0.5, 0.6) is 11.5 Å². The Bertz CT molecular complexity index is 685. The molecule has 1 N–H and O–H groups in total. The summed E-state index contributed by atoms with van der Waals surface area (Å²) in [5.74, 6) is 1.55. The molecule has 1 unspecified atom stereocenters. The molecule has 2 aromatic rings. The first-order valence-corrected chi connectivity index (χ1v) is 9.80. The number of hydrogen-bond acceptors (Lipinski definition) is 5. The maximum atomic E-state index is 5.53. The van der Waals surface area contributed by atoms with Crippen molar-refractivity contribution in [1.82, 2.24) is 10.2 Å². The van der Waals surface area contributed by atoms with E-state index in [9.17, 15) is 0 Å². The Balaban J connectivity index is 2.00. The zero-order valence-electron chi connectivity index (χ0n) is 15.1. The lowest BCUT2D eigenvalue weighted by Crippen LogP contribution is -2.45. The number of piperazine rings is 1. The van der Waals surface area contributed by atoms with Gasteiger partial charge in [-0.1, -0.05) is 18.2 Å². The van der Waals surface area contributed by atoms with Crippen molar-refractivity contribution in [2.75, 3.05) is 46.7 Å². The smallest absolute Gasteiger partial charge is 0.161 e. The Hall–Kier alpha value is -1.69. The average molecular weight is 359 g/mol. The zero-order chi connectivity index (χ0) is 17.6. The summed E-state index contributed by atoms with van der Waals surface area (Å²) < 4.78 is 10.9. The van der Waals surface area contributed by atoms with Gasteiger partial charge in [0.25, 0.3) is 0 Å². The number of thioether (sulfide) groups is 1. The number of benzene rings is 2. The second-order valence-electron chi connectivity index (χ2n) is 6.08. The zero-order valence-corrected chi connectivity index (χ0v) is 15.9. The highest BCUT2D eigenvalue weighted by atomic mass is 32.2. The summed E-state index contributed by atoms with van der Waals surface area (Å²) in [6, 6.07) is 15.4. The highest BCUT2D eigenvalue weighted by Gasteiger charge is 2.25. The highest BCUT2D eigenvalue weighted by molar-refractivity contribution is 7.98. The van der Waals surface area contributed by atoms with Crippen LogP contribution in [0.1, 0.15) is 17.2 Å². The first kappa shape index (κ1) is 18.1. The minimum absolute atomic E-state index is 0.220. The van der Waals surface area contributed by atoms with Crippen LogP contribution in [0.25, 0.3) is 0 Å². The van der Waals surface area contributed by atoms with Crippen LogP contribution in [0, 0.1) is 0 Å². The normalized spacial score (nSPS) is 16.4. The number of ether oxygens (including phenoxy) is 2. The largest absolute Gasteiger partial charge is 0.493 e. The van der Waals surface area contributed by atoms with Crippen LogP contribution in [0.2, 0.25) is 0 Å². The summed E-state index contributed by atoms with van der Waals surface area (Å²) in [5, 5.41) is 3.44. The Labute approximate surface area is 154 Å². The molecule has 1 aliphatic heterocycles. The monoisotopic (exact) mass is 358 g/mol. The molecule has 0 aliphatic carbocycles. The second-order valence-corrected chi connectivity index (χ2v) is 6.96. The van der Waals surface area contributed by atoms with Crippen molar-refractivity contribution < 1.29 is 9.47 Å². The fourth-order valence-corrected chi connectivity index (χ4v) is 3.77. The van der Waals surface area contributed by atoms with Crippen LogP contribution in [-0.4, -0.2) is 51.6 Å². The number of rotatable bonds is 6. The summed E-state index contributed by atoms with van der Waals surface area (Å²) >= 11 is 1.77. The Morgan fingerprint density at radius 3 is 2.16 bits per heavy atom. The van der Waals surface area contributed by atoms with Gasteiger partial charge < -0.3 is 14.8 Å². The second kappa shape index (κ2) is 8.61. The average Bonchev–Trinajstić information content (AvgIpc) is 2.69. The molecule has 5 heteroatoms. The van der Waals surface area contributed by atoms with Gasteiger partial charge in [-0.15, -0.1) is 11.8 Å². The van der Waals surface area contributed by atoms with Crippen LogP contribution in [0.4, 0.5) is 0 Å². The van der Waals surface area contributed by atoms with Gasteiger partial charge in [-0.3, -0.25) is 4.90 Å². The van der Waals surface area contributed by atoms with Gasteiger partial charge in [0.05, 0.1) is 20.3 Å². The van der Waals surface area contributed by atoms with Gasteiger partial charge in [-0.25, -0.2) is 0 Å². The summed E-state index contributed by atoms with van der Waals surface area (Å²) in [5.41, 5.74) is 2.54. The van der Waals surface area contributed by atoms with Gasteiger partial charge in [0.15, 0.2) is 11.5 Å². The molecule has 1 heterocycles. The van der Waals surface area contributed by atoms with Crippen LogP contribution < -0.4 is 14.8 Å². The molecule has 3 rings (SSSR count). The third-order valence-electron chi connectivity index (χ3n) is 4.67. The quantitative estimate of drug-likeness (QED) is 0.800. The summed E-state index contributed by atoms with van der Waals surface area (Å²) in [6.07, 6.45) is 2.11. The Kier molecular flexibility index (Phi) is 6.24. The first-order chi connectivity index (χ1) is 12.3. The molecule has 0 spiro atoms. The van der Waals surface area contributed by atoms with Crippen molar-refractivity contribution >= 4 is 11.8 Å². The molecular formula is C20H26N2O2S. The summed E-state index contributed by atoms with van der Waals surface area (Å²) in [6.45, 7) is 4.10. The van der Waals surface area contributed by atoms with Gasteiger partial charge in [-0.2, -0.15) is 0 Å². The van der Waals surface area contributed by atoms with Crippen molar-refractivity contribution in [3.05, 3.63) is 53.6 Å². The predicted molar refractivity (Wildman–Crippen MR) is 104 cm³/mol. The van der Waals surface area contributed by atoms with E-state index in [0.717, 1.165) is 37.7 Å². The van der Waals surface area contributed by atoms with Crippen molar-refractivity contribution in [1.29, 1.82) is 0 Å². The summed E-state index contributed by atoms with van der Waals surface area (Å²) in [4.78, 5) is 3.82. The van der Waals surface area contributed by atoms with E-state index in [1.807, 2.05) is 6.07 Å². The highest BCUT2D eigenvalue weighted by Crippen LogP contribution is 2.35. The maximum absolute atomic E-state index is 5.53. The van der Waals surface area contributed by atoms with Crippen LogP contribution in [0.3, 0.4) is 0 Å². The number of methoxy groups -OCH3 is 2. The predicted octanol–water partition coefficient (Wildman–Crippen LogP) is 3.42. The van der Waals surface area contributed by atoms with E-state index < -0.39 is 0 Å². The minimum Gasteiger partial charge on any atom is -0.493 e. The van der Waals surface area contributed by atoms with Crippen molar-refractivity contribution in [2.24, 2.45) is 0 Å². The van der Waals surface area contributed by atoms with Crippen molar-refractivity contribution in [3.63, 3.8) is 0 Å². The van der Waals surface area contributed by atoms with Gasteiger partial charge in [0.1, 0.15) is 0 Å². The molecule has 0 aromatic heterocycles. The molecular weight excluding hydrogens is 332 g/mol. The fraction of sp³-hybridized carbons (Fsp3) is 0.400. The van der Waals surface area contributed by atoms with Gasteiger partial charge in [-0.05, 0) is 41.6 Å². The van der Waals surface area contributed by atoms with Gasteiger partial charge >= 0.3 is 0 Å². The molecule has 0 bridgehead atoms. The van der Waals surface area contributed by atoms with Crippen LogP contribution in [-0.2, 0) is 0 Å². The van der Waals surface area contributed by atoms with Gasteiger partial charge in [0.2, 0.25) is 0 Å². The third-order valence-corrected chi connectivity index (χ3v) is 5.42. The van der Waals surface area contributed by atoms with E-state index in [1.54, 1.807) is 26.0 Å². The number of hydrogen-bond donors (Lipinski definition) is 1. The fourth-order valence-electron chi connectivity index (χ4n) is 3.36. The lowest BCUT2D eigenvalue weighted by Gasteiger charge is -2.35. The molecule has 2 aromatic carbocycles. The SMILES string of the molecule is COc1ccc(C(c2ccc(SC)cc2)N2CCNCC2)cc1OC. The molecule has 134 valence electrons. The number of nitrogens with zero attached hydrogens (tertiary/aromatic N) is 1. The topological polar surface area (TPSA) is 33.7 Å². The van der Waals surface area contributed by atoms with E-state index in [-0.39, 0.29) is 6.04 Å². The first-order valence-electron chi connectivity index (χ1n) is 8.57. The molecule has 0 amide bonds. The van der Waals surface area contributed by atoms with E-state index in [1.165, 1.54) is 16.0 Å². The minimum atomic E-state index is 0.220. The van der Waals surface area contributed by atoms with E-state index in [0.29, 0.717) is 0 Å². The lowest BCUT2D eigenvalue weighted by molar-refractivity contribution is 0.198. The molecule has 4 nitrogen and oxygen atoms in total. The Morgan fingerprint density at radius 1 is 0.920 bits per heavy atom. The van der Waals surface area contributed by atoms with Crippen molar-refractivity contribution in [2.45, 2.75) is 10.9 Å². The molecule has 1 atom stereocenters. The molecule has 1 saturated heterocycles. The van der Waals surface area contributed by atoms with Crippen LogP contribution >= 0.6 is 11.8 Å². The summed E-state index contributed by atoms with van der Waals surface area (Å²) in [7, 11) is 3.36. The van der Waals surface area contributed by atoms with Gasteiger partial charge in [0, 0.05) is 31.1 Å². The molecule has 0 saturated carbocycles. The van der Waals surface area contributed by atoms with E-state index >= 15 is 0 Å². The van der Waals surface area contributed by atoms with Crippen LogP contribution in [0.15, 0.2) is 47.4 Å². The third kappa shape index (κ3) is 4.11. The maximum Gasteiger partial charge on any atom is 0.161 e. The number of nitrogens with one attached hydrogen (secondary N) is 1. The molecule has 0 radical (unpaired) electrons. The molecule has 1 fully saturated rings. The lowest BCUT2D eigenvalue weighted by atomic mass is 9.96. The van der Waals surface area contributed by atoms with Crippen molar-refractivity contribution in [3.8, 4) is 11.5 Å². The molecule has 1 aliphatic rings. The Morgan fingerprint density at radius 2 is 1.56 bits per heavy atom. The standard InChI is InChI=1S/C20H26N2O2S/c1-23-18-9-6-16(14-19(18)24-2)20(22-12-10-21-11-13-22)15-4-7-17(25-3)8-5-15/h4-9,14,20-21H,10-13H2,1-3H3. The molecule has 25 heavy (non-hydrogen) atoms.